The van der Waals surface area contributed by atoms with Crippen LogP contribution in [-0.2, 0) is 0 Å². The average Bonchev–Trinajstić information content (AvgIpc) is 3.23. The Bertz CT molecular complexity index is 874. The first-order chi connectivity index (χ1) is 13.2. The van der Waals surface area contributed by atoms with E-state index in [1.165, 1.54) is 12.8 Å². The molecule has 3 aliphatic heterocycles. The maximum absolute atomic E-state index is 12.8. The number of hydrogen-bond acceptors (Lipinski definition) is 6. The third-order valence-electron chi connectivity index (χ3n) is 5.69. The summed E-state index contributed by atoms with van der Waals surface area (Å²) in [4.78, 5) is 12.8. The Morgan fingerprint density at radius 3 is 2.64 bits per heavy atom. The van der Waals surface area contributed by atoms with E-state index in [4.69, 9.17) is 9.47 Å². The topological polar surface area (TPSA) is 90.3 Å². The number of carbonyl (C=O) groups is 1. The normalized spacial score (nSPS) is 25.1. The number of hydrogen-bond donors (Lipinski definition) is 2. The first kappa shape index (κ1) is 19.0. The monoisotopic (exact) mass is 405 g/mol. The van der Waals surface area contributed by atoms with Crippen molar-refractivity contribution >= 4 is 18.3 Å². The van der Waals surface area contributed by atoms with E-state index in [1.54, 1.807) is 4.68 Å². The zero-order valence-corrected chi connectivity index (χ0v) is 16.5. The largest absolute Gasteiger partial charge is 0.486 e. The third-order valence-corrected chi connectivity index (χ3v) is 5.69. The molecule has 8 nitrogen and oxygen atoms in total. The molecule has 9 heteroatoms. The SMILES string of the molecule is Cc1c(C(=O)NC2CC3CCC(C2)N3)nnn1-c1ccc2c(c1)OCCO2.Cl. The molecule has 2 aromatic rings. The van der Waals surface area contributed by atoms with E-state index in [0.717, 1.165) is 24.3 Å². The number of halogens is 1. The second-order valence-corrected chi connectivity index (χ2v) is 7.54. The minimum Gasteiger partial charge on any atom is -0.486 e. The summed E-state index contributed by atoms with van der Waals surface area (Å²) >= 11 is 0. The second kappa shape index (κ2) is 7.60. The number of nitrogens with zero attached hydrogens (tertiary/aromatic N) is 3. The highest BCUT2D eigenvalue weighted by atomic mass is 35.5. The molecule has 1 aromatic carbocycles. The highest BCUT2D eigenvalue weighted by molar-refractivity contribution is 5.93. The minimum atomic E-state index is -0.150. The van der Waals surface area contributed by atoms with Crippen LogP contribution < -0.4 is 20.1 Å². The minimum absolute atomic E-state index is 0. The van der Waals surface area contributed by atoms with Crippen LogP contribution in [0.5, 0.6) is 11.5 Å². The van der Waals surface area contributed by atoms with E-state index in [-0.39, 0.29) is 24.4 Å². The number of rotatable bonds is 3. The van der Waals surface area contributed by atoms with Gasteiger partial charge in [-0.15, -0.1) is 17.5 Å². The zero-order chi connectivity index (χ0) is 18.4. The highest BCUT2D eigenvalue weighted by Gasteiger charge is 2.34. The first-order valence-corrected chi connectivity index (χ1v) is 9.56. The number of aromatic nitrogens is 3. The molecule has 0 radical (unpaired) electrons. The van der Waals surface area contributed by atoms with E-state index < -0.39 is 0 Å². The van der Waals surface area contributed by atoms with E-state index in [1.807, 2.05) is 25.1 Å². The van der Waals surface area contributed by atoms with Crippen LogP contribution in [0.4, 0.5) is 0 Å². The number of nitrogens with one attached hydrogen (secondary N) is 2. The van der Waals surface area contributed by atoms with Crippen LogP contribution >= 0.6 is 12.4 Å². The van der Waals surface area contributed by atoms with Crippen LogP contribution in [-0.4, -0.2) is 52.2 Å². The van der Waals surface area contributed by atoms with Gasteiger partial charge in [0.15, 0.2) is 17.2 Å². The lowest BCUT2D eigenvalue weighted by atomic mass is 9.99. The quantitative estimate of drug-likeness (QED) is 0.809. The summed E-state index contributed by atoms with van der Waals surface area (Å²) < 4.78 is 12.9. The average molecular weight is 406 g/mol. The van der Waals surface area contributed by atoms with Crippen molar-refractivity contribution in [1.29, 1.82) is 0 Å². The van der Waals surface area contributed by atoms with Gasteiger partial charge >= 0.3 is 0 Å². The van der Waals surface area contributed by atoms with Gasteiger partial charge in [0, 0.05) is 24.2 Å². The van der Waals surface area contributed by atoms with Crippen molar-refractivity contribution in [2.24, 2.45) is 0 Å². The van der Waals surface area contributed by atoms with Gasteiger partial charge in [-0.05, 0) is 44.7 Å². The molecule has 2 fully saturated rings. The van der Waals surface area contributed by atoms with Gasteiger partial charge in [0.25, 0.3) is 5.91 Å². The van der Waals surface area contributed by atoms with Crippen LogP contribution in [0.15, 0.2) is 18.2 Å². The van der Waals surface area contributed by atoms with Crippen LogP contribution in [0.2, 0.25) is 0 Å². The summed E-state index contributed by atoms with van der Waals surface area (Å²) in [5, 5.41) is 15.1. The molecule has 2 bridgehead atoms. The van der Waals surface area contributed by atoms with E-state index in [9.17, 15) is 4.79 Å². The molecule has 0 spiro atoms. The third kappa shape index (κ3) is 3.42. The number of ether oxygens (including phenoxy) is 2. The Hall–Kier alpha value is -2.32. The van der Waals surface area contributed by atoms with E-state index in [0.29, 0.717) is 42.4 Å². The molecular weight excluding hydrogens is 382 g/mol. The molecule has 1 amide bonds. The summed E-state index contributed by atoms with van der Waals surface area (Å²) in [5.41, 5.74) is 1.88. The summed E-state index contributed by atoms with van der Waals surface area (Å²) in [6, 6.07) is 6.88. The lowest BCUT2D eigenvalue weighted by molar-refractivity contribution is 0.0918. The Kier molecular flexibility index (Phi) is 5.16. The molecule has 5 rings (SSSR count). The first-order valence-electron chi connectivity index (χ1n) is 9.56. The summed E-state index contributed by atoms with van der Waals surface area (Å²) in [7, 11) is 0. The lowest BCUT2D eigenvalue weighted by Gasteiger charge is -2.29. The molecule has 0 saturated carbocycles. The number of piperidine rings is 1. The van der Waals surface area contributed by atoms with E-state index >= 15 is 0 Å². The fourth-order valence-electron chi connectivity index (χ4n) is 4.38. The van der Waals surface area contributed by atoms with Crippen molar-refractivity contribution in [1.82, 2.24) is 25.6 Å². The molecule has 2 unspecified atom stereocenters. The molecule has 3 aliphatic rings. The molecule has 4 heterocycles. The van der Waals surface area contributed by atoms with Crippen LogP contribution in [0.3, 0.4) is 0 Å². The molecular formula is C19H24ClN5O3. The summed E-state index contributed by atoms with van der Waals surface area (Å²) in [5.74, 6) is 1.26. The van der Waals surface area contributed by atoms with Gasteiger partial charge in [-0.1, -0.05) is 5.21 Å². The van der Waals surface area contributed by atoms with Crippen LogP contribution in [0, 0.1) is 6.92 Å². The molecule has 0 aliphatic carbocycles. The van der Waals surface area contributed by atoms with Crippen molar-refractivity contribution < 1.29 is 14.3 Å². The van der Waals surface area contributed by atoms with Gasteiger partial charge in [0.05, 0.1) is 11.4 Å². The summed E-state index contributed by atoms with van der Waals surface area (Å²) in [6.45, 7) is 2.94. The predicted molar refractivity (Wildman–Crippen MR) is 105 cm³/mol. The molecule has 2 N–H and O–H groups in total. The number of amides is 1. The lowest BCUT2D eigenvalue weighted by Crippen LogP contribution is -2.48. The fourth-order valence-corrected chi connectivity index (χ4v) is 4.38. The number of fused-ring (bicyclic) bond motifs is 3. The van der Waals surface area contributed by atoms with Gasteiger partial charge in [-0.2, -0.15) is 0 Å². The van der Waals surface area contributed by atoms with Gasteiger partial charge in [0.1, 0.15) is 13.2 Å². The van der Waals surface area contributed by atoms with Crippen molar-refractivity contribution in [3.63, 3.8) is 0 Å². The standard InChI is InChI=1S/C19H23N5O3.ClH/c1-11-18(19(25)21-14-8-12-2-3-13(9-14)20-12)22-23-24(11)15-4-5-16-17(10-15)27-7-6-26-16;/h4-5,10,12-14,20H,2-3,6-9H2,1H3,(H,21,25);1H. The molecule has 1 aromatic heterocycles. The van der Waals surface area contributed by atoms with Gasteiger partial charge in [-0.3, -0.25) is 4.79 Å². The maximum atomic E-state index is 12.8. The Balaban J connectivity index is 0.00000192. The van der Waals surface area contributed by atoms with Crippen molar-refractivity contribution in [3.8, 4) is 17.2 Å². The van der Waals surface area contributed by atoms with Gasteiger partial charge in [-0.25, -0.2) is 4.68 Å². The van der Waals surface area contributed by atoms with Crippen LogP contribution in [0.25, 0.3) is 5.69 Å². The fraction of sp³-hybridized carbons (Fsp3) is 0.526. The second-order valence-electron chi connectivity index (χ2n) is 7.54. The van der Waals surface area contributed by atoms with Crippen molar-refractivity contribution in [2.45, 2.75) is 50.7 Å². The Morgan fingerprint density at radius 2 is 1.89 bits per heavy atom. The Morgan fingerprint density at radius 1 is 1.18 bits per heavy atom. The smallest absolute Gasteiger partial charge is 0.273 e. The predicted octanol–water partition coefficient (Wildman–Crippen LogP) is 1.78. The number of carbonyl (C=O) groups excluding carboxylic acids is 1. The summed E-state index contributed by atoms with van der Waals surface area (Å²) in [6.07, 6.45) is 4.38. The zero-order valence-electron chi connectivity index (χ0n) is 15.7. The van der Waals surface area contributed by atoms with Gasteiger partial charge < -0.3 is 20.1 Å². The highest BCUT2D eigenvalue weighted by Crippen LogP contribution is 2.32. The van der Waals surface area contributed by atoms with Crippen LogP contribution in [0.1, 0.15) is 41.9 Å². The Labute approximate surface area is 169 Å². The molecule has 2 atom stereocenters. The maximum Gasteiger partial charge on any atom is 0.273 e. The molecule has 150 valence electrons. The molecule has 28 heavy (non-hydrogen) atoms. The van der Waals surface area contributed by atoms with Crippen molar-refractivity contribution in [2.75, 3.05) is 13.2 Å². The molecule has 2 saturated heterocycles. The van der Waals surface area contributed by atoms with Gasteiger partial charge in [0.2, 0.25) is 0 Å². The van der Waals surface area contributed by atoms with E-state index in [2.05, 4.69) is 20.9 Å². The van der Waals surface area contributed by atoms with Crippen molar-refractivity contribution in [3.05, 3.63) is 29.6 Å². The number of benzene rings is 1.